The summed E-state index contributed by atoms with van der Waals surface area (Å²) in [7, 11) is 1.56. The number of nitrogens with zero attached hydrogens (tertiary/aromatic N) is 3. The van der Waals surface area contributed by atoms with Crippen molar-refractivity contribution in [1.82, 2.24) is 9.97 Å². The zero-order valence-corrected chi connectivity index (χ0v) is 13.4. The van der Waals surface area contributed by atoms with E-state index in [2.05, 4.69) is 20.5 Å². The molecule has 0 fully saturated rings. The van der Waals surface area contributed by atoms with Gasteiger partial charge in [0.2, 0.25) is 0 Å². The van der Waals surface area contributed by atoms with Gasteiger partial charge in [-0.1, -0.05) is 17.7 Å². The third kappa shape index (κ3) is 3.07. The van der Waals surface area contributed by atoms with Crippen LogP contribution < -0.4 is 10.1 Å². The van der Waals surface area contributed by atoms with Crippen molar-refractivity contribution < 1.29 is 9.84 Å². The molecule has 0 aliphatic heterocycles. The van der Waals surface area contributed by atoms with Crippen molar-refractivity contribution in [2.45, 2.75) is 6.54 Å². The lowest BCUT2D eigenvalue weighted by Crippen LogP contribution is -2.02. The summed E-state index contributed by atoms with van der Waals surface area (Å²) in [5.74, 6) is 0.908. The monoisotopic (exact) mass is 344 g/mol. The van der Waals surface area contributed by atoms with E-state index in [0.717, 1.165) is 5.56 Å². The molecule has 0 amide bonds. The Morgan fingerprint density at radius 1 is 1.29 bits per heavy atom. The van der Waals surface area contributed by atoms with Gasteiger partial charge in [-0.15, -0.1) is 4.91 Å². The molecule has 1 heterocycles. The highest BCUT2D eigenvalue weighted by atomic mass is 35.5. The number of phenolic OH excluding ortho intramolecular Hbond substituents is 1. The summed E-state index contributed by atoms with van der Waals surface area (Å²) < 4.78 is 5.12. The number of aromatic nitrogens is 2. The van der Waals surface area contributed by atoms with Crippen molar-refractivity contribution in [2.24, 2.45) is 5.18 Å². The Hall–Kier alpha value is -2.93. The highest BCUT2D eigenvalue weighted by Gasteiger charge is 2.10. The first-order chi connectivity index (χ1) is 11.6. The van der Waals surface area contributed by atoms with Crippen LogP contribution in [0.3, 0.4) is 0 Å². The first kappa shape index (κ1) is 15.9. The first-order valence-corrected chi connectivity index (χ1v) is 7.37. The van der Waals surface area contributed by atoms with Crippen LogP contribution in [-0.4, -0.2) is 22.2 Å². The lowest BCUT2D eigenvalue weighted by atomic mass is 10.2. The number of nitroso groups, excluding NO2 is 1. The minimum Gasteiger partial charge on any atom is -0.505 e. The predicted molar refractivity (Wildman–Crippen MR) is 92.0 cm³/mol. The first-order valence-electron chi connectivity index (χ1n) is 6.99. The molecule has 0 aliphatic rings. The molecule has 8 heteroatoms. The van der Waals surface area contributed by atoms with Crippen LogP contribution in [0.2, 0.25) is 5.02 Å². The van der Waals surface area contributed by atoms with Crippen LogP contribution in [-0.2, 0) is 6.54 Å². The average Bonchev–Trinajstić information content (AvgIpc) is 2.59. The van der Waals surface area contributed by atoms with Crippen LogP contribution in [0.4, 0.5) is 11.5 Å². The maximum absolute atomic E-state index is 10.8. The minimum absolute atomic E-state index is 0.0622. The topological polar surface area (TPSA) is 96.7 Å². The highest BCUT2D eigenvalue weighted by Crippen LogP contribution is 2.33. The van der Waals surface area contributed by atoms with Gasteiger partial charge in [0.05, 0.1) is 17.6 Å². The fraction of sp³-hybridized carbons (Fsp3) is 0.125. The fourth-order valence-electron chi connectivity index (χ4n) is 2.30. The number of methoxy groups -OCH3 is 1. The van der Waals surface area contributed by atoms with Crippen molar-refractivity contribution in [3.05, 3.63) is 52.2 Å². The molecule has 0 saturated heterocycles. The van der Waals surface area contributed by atoms with Gasteiger partial charge in [-0.05, 0) is 28.9 Å². The Labute approximate surface area is 142 Å². The number of hydrogen-bond acceptors (Lipinski definition) is 7. The summed E-state index contributed by atoms with van der Waals surface area (Å²) in [5, 5.41) is 16.7. The summed E-state index contributed by atoms with van der Waals surface area (Å²) in [6, 6.07) is 8.28. The molecule has 7 nitrogen and oxygen atoms in total. The van der Waals surface area contributed by atoms with Crippen LogP contribution >= 0.6 is 11.6 Å². The van der Waals surface area contributed by atoms with E-state index in [0.29, 0.717) is 34.0 Å². The smallest absolute Gasteiger partial charge is 0.150 e. The molecular formula is C16H13ClN4O3. The van der Waals surface area contributed by atoms with Crippen LogP contribution in [0, 0.1) is 4.91 Å². The van der Waals surface area contributed by atoms with Crippen LogP contribution in [0.25, 0.3) is 10.9 Å². The molecule has 1 aromatic heterocycles. The molecule has 2 N–H and O–H groups in total. The van der Waals surface area contributed by atoms with E-state index >= 15 is 0 Å². The second-order valence-corrected chi connectivity index (χ2v) is 5.40. The zero-order chi connectivity index (χ0) is 17.1. The molecule has 3 rings (SSSR count). The number of ether oxygens (including phenoxy) is 1. The number of phenols is 1. The number of nitrogens with one attached hydrogen (secondary N) is 1. The second-order valence-electron chi connectivity index (χ2n) is 4.99. The van der Waals surface area contributed by atoms with Crippen molar-refractivity contribution in [1.29, 1.82) is 0 Å². The Bertz CT molecular complexity index is 917. The van der Waals surface area contributed by atoms with Gasteiger partial charge in [-0.25, -0.2) is 9.97 Å². The molecule has 0 saturated carbocycles. The maximum Gasteiger partial charge on any atom is 0.150 e. The molecule has 0 unspecified atom stereocenters. The summed E-state index contributed by atoms with van der Waals surface area (Å²) in [4.78, 5) is 19.0. The summed E-state index contributed by atoms with van der Waals surface area (Å²) in [6.07, 6.45) is 1.37. The Morgan fingerprint density at radius 3 is 2.83 bits per heavy atom. The molecule has 0 spiro atoms. The predicted octanol–water partition coefficient (Wildman–Crippen LogP) is 4.01. The second kappa shape index (κ2) is 6.67. The fourth-order valence-corrected chi connectivity index (χ4v) is 2.58. The van der Waals surface area contributed by atoms with Gasteiger partial charge < -0.3 is 15.2 Å². The van der Waals surface area contributed by atoms with E-state index in [-0.39, 0.29) is 11.4 Å². The summed E-state index contributed by atoms with van der Waals surface area (Å²) >= 11 is 6.11. The summed E-state index contributed by atoms with van der Waals surface area (Å²) in [5.41, 5.74) is 1.37. The van der Waals surface area contributed by atoms with Gasteiger partial charge in [0, 0.05) is 18.0 Å². The number of aromatic hydroxyl groups is 1. The summed E-state index contributed by atoms with van der Waals surface area (Å²) in [6.45, 7) is 0.459. The van der Waals surface area contributed by atoms with Crippen molar-refractivity contribution in [3.63, 3.8) is 0 Å². The van der Waals surface area contributed by atoms with Crippen molar-refractivity contribution >= 4 is 34.0 Å². The normalized spacial score (nSPS) is 10.6. The van der Waals surface area contributed by atoms with Gasteiger partial charge in [0.15, 0.2) is 0 Å². The Balaban J connectivity index is 1.90. The van der Waals surface area contributed by atoms with Gasteiger partial charge in [0.25, 0.3) is 0 Å². The van der Waals surface area contributed by atoms with Crippen LogP contribution in [0.5, 0.6) is 11.5 Å². The number of hydrogen-bond donors (Lipinski definition) is 2. The van der Waals surface area contributed by atoms with Gasteiger partial charge in [-0.2, -0.15) is 0 Å². The van der Waals surface area contributed by atoms with Gasteiger partial charge in [0.1, 0.15) is 29.3 Å². The molecule has 2 aromatic carbocycles. The third-order valence-corrected chi connectivity index (χ3v) is 3.80. The number of halogens is 1. The standard InChI is InChI=1S/C16H13ClN4O3/c1-24-15-3-2-9(4-11(15)17)7-18-16-10-5-13(21-23)14(22)6-12(10)19-8-20-16/h2-6,8,22H,7H2,1H3,(H,18,19,20). The lowest BCUT2D eigenvalue weighted by Gasteiger charge is -2.10. The third-order valence-electron chi connectivity index (χ3n) is 3.51. The highest BCUT2D eigenvalue weighted by molar-refractivity contribution is 6.32. The SMILES string of the molecule is COc1ccc(CNc2ncnc3cc(O)c(N=O)cc23)cc1Cl. The van der Waals surface area contributed by atoms with E-state index in [4.69, 9.17) is 16.3 Å². The van der Waals surface area contributed by atoms with Gasteiger partial charge >= 0.3 is 0 Å². The zero-order valence-electron chi connectivity index (χ0n) is 12.7. The number of rotatable bonds is 5. The largest absolute Gasteiger partial charge is 0.505 e. The van der Waals surface area contributed by atoms with Crippen LogP contribution in [0.15, 0.2) is 41.8 Å². The Kier molecular flexibility index (Phi) is 4.43. The van der Waals surface area contributed by atoms with E-state index in [1.807, 2.05) is 6.07 Å². The van der Waals surface area contributed by atoms with E-state index in [1.54, 1.807) is 19.2 Å². The average molecular weight is 345 g/mol. The van der Waals surface area contributed by atoms with Crippen molar-refractivity contribution in [3.8, 4) is 11.5 Å². The minimum atomic E-state index is -0.218. The maximum atomic E-state index is 10.8. The molecule has 0 radical (unpaired) electrons. The molecule has 0 aliphatic carbocycles. The van der Waals surface area contributed by atoms with E-state index in [1.165, 1.54) is 18.5 Å². The van der Waals surface area contributed by atoms with Crippen molar-refractivity contribution in [2.75, 3.05) is 12.4 Å². The Morgan fingerprint density at radius 2 is 2.12 bits per heavy atom. The van der Waals surface area contributed by atoms with Gasteiger partial charge in [-0.3, -0.25) is 0 Å². The molecule has 24 heavy (non-hydrogen) atoms. The quantitative estimate of drug-likeness (QED) is 0.679. The molecule has 0 bridgehead atoms. The van der Waals surface area contributed by atoms with Crippen LogP contribution in [0.1, 0.15) is 5.56 Å². The van der Waals surface area contributed by atoms with E-state index < -0.39 is 0 Å². The lowest BCUT2D eigenvalue weighted by molar-refractivity contribution is 0.415. The number of fused-ring (bicyclic) bond motifs is 1. The molecule has 0 atom stereocenters. The molecule has 122 valence electrons. The van der Waals surface area contributed by atoms with E-state index in [9.17, 15) is 10.0 Å². The number of anilines is 1. The molecule has 3 aromatic rings. The molecular weight excluding hydrogens is 332 g/mol. The number of benzene rings is 2.